The van der Waals surface area contributed by atoms with Gasteiger partial charge in [-0.05, 0) is 57.8 Å². The van der Waals surface area contributed by atoms with Gasteiger partial charge in [0.05, 0.1) is 6.04 Å². The SMILES string of the molecule is CC1CCC2(CCN(C(=O)O)CC2)C1N[S@+]([O-])C(C)(C)C. The Kier molecular flexibility index (Phi) is 4.81. The van der Waals surface area contributed by atoms with Gasteiger partial charge in [0.15, 0.2) is 0 Å². The minimum atomic E-state index is -1.07. The molecule has 3 atom stereocenters. The van der Waals surface area contributed by atoms with Gasteiger partial charge in [-0.3, -0.25) is 0 Å². The van der Waals surface area contributed by atoms with Crippen LogP contribution in [0.15, 0.2) is 0 Å². The van der Waals surface area contributed by atoms with Crippen molar-refractivity contribution >= 4 is 17.5 Å². The summed E-state index contributed by atoms with van der Waals surface area (Å²) in [6.45, 7) is 9.36. The Morgan fingerprint density at radius 3 is 2.38 bits per heavy atom. The fourth-order valence-electron chi connectivity index (χ4n) is 3.68. The van der Waals surface area contributed by atoms with Crippen LogP contribution in [0.3, 0.4) is 0 Å². The third kappa shape index (κ3) is 3.48. The third-order valence-electron chi connectivity index (χ3n) is 5.15. The normalized spacial score (nSPS) is 30.6. The highest BCUT2D eigenvalue weighted by atomic mass is 32.2. The number of amides is 1. The van der Waals surface area contributed by atoms with E-state index >= 15 is 0 Å². The topological polar surface area (TPSA) is 75.6 Å². The van der Waals surface area contributed by atoms with E-state index in [1.54, 1.807) is 0 Å². The van der Waals surface area contributed by atoms with Crippen LogP contribution < -0.4 is 4.72 Å². The summed E-state index contributed by atoms with van der Waals surface area (Å²) in [4.78, 5) is 12.6. The van der Waals surface area contributed by atoms with Crippen molar-refractivity contribution in [3.63, 3.8) is 0 Å². The summed E-state index contributed by atoms with van der Waals surface area (Å²) in [6.07, 6.45) is 3.18. The summed E-state index contributed by atoms with van der Waals surface area (Å²) < 4.78 is 15.6. The van der Waals surface area contributed by atoms with Crippen LogP contribution in [0, 0.1) is 11.3 Å². The Balaban J connectivity index is 2.07. The maximum atomic E-state index is 12.5. The van der Waals surface area contributed by atoms with E-state index in [9.17, 15) is 9.35 Å². The molecule has 2 aliphatic rings. The Morgan fingerprint density at radius 1 is 1.33 bits per heavy atom. The molecular weight excluding hydrogens is 288 g/mol. The monoisotopic (exact) mass is 316 g/mol. The molecule has 0 aromatic carbocycles. The van der Waals surface area contributed by atoms with Crippen molar-refractivity contribution in [3.8, 4) is 0 Å². The molecule has 1 amide bonds. The van der Waals surface area contributed by atoms with Gasteiger partial charge < -0.3 is 14.6 Å². The van der Waals surface area contributed by atoms with Crippen molar-refractivity contribution in [1.82, 2.24) is 9.62 Å². The lowest BCUT2D eigenvalue weighted by molar-refractivity contribution is 0.0769. The minimum Gasteiger partial charge on any atom is -0.598 e. The molecule has 6 heteroatoms. The highest BCUT2D eigenvalue weighted by Gasteiger charge is 2.51. The second kappa shape index (κ2) is 5.97. The van der Waals surface area contributed by atoms with Crippen LogP contribution in [0.5, 0.6) is 0 Å². The number of hydrogen-bond donors (Lipinski definition) is 2. The van der Waals surface area contributed by atoms with Gasteiger partial charge in [-0.2, -0.15) is 0 Å². The lowest BCUT2D eigenvalue weighted by atomic mass is 9.73. The number of piperidine rings is 1. The van der Waals surface area contributed by atoms with Crippen molar-refractivity contribution < 1.29 is 14.5 Å². The van der Waals surface area contributed by atoms with Crippen molar-refractivity contribution in [2.45, 2.75) is 64.2 Å². The van der Waals surface area contributed by atoms with Gasteiger partial charge in [-0.15, -0.1) is 4.72 Å². The second-order valence-corrected chi connectivity index (χ2v) is 9.62. The van der Waals surface area contributed by atoms with Gasteiger partial charge in [-0.25, -0.2) is 4.79 Å². The van der Waals surface area contributed by atoms with Crippen molar-refractivity contribution in [2.24, 2.45) is 11.3 Å². The van der Waals surface area contributed by atoms with Crippen molar-refractivity contribution in [1.29, 1.82) is 0 Å². The molecule has 0 bridgehead atoms. The summed E-state index contributed by atoms with van der Waals surface area (Å²) in [6, 6.07) is 0.230. The van der Waals surface area contributed by atoms with Crippen LogP contribution in [0.2, 0.25) is 0 Å². The van der Waals surface area contributed by atoms with E-state index < -0.39 is 17.5 Å². The average Bonchev–Trinajstić information content (AvgIpc) is 2.68. The van der Waals surface area contributed by atoms with Gasteiger partial charge >= 0.3 is 6.09 Å². The molecule has 5 nitrogen and oxygen atoms in total. The number of likely N-dealkylation sites (tertiary alicyclic amines) is 1. The Bertz CT molecular complexity index is 389. The first-order valence-corrected chi connectivity index (χ1v) is 8.97. The summed E-state index contributed by atoms with van der Waals surface area (Å²) in [7, 11) is 0. The van der Waals surface area contributed by atoms with E-state index in [1.807, 2.05) is 20.8 Å². The summed E-state index contributed by atoms with van der Waals surface area (Å²) in [5.41, 5.74) is 0.117. The number of nitrogens with one attached hydrogen (secondary N) is 1. The molecule has 1 saturated heterocycles. The number of hydrogen-bond acceptors (Lipinski definition) is 3. The zero-order valence-electron chi connectivity index (χ0n) is 13.5. The van der Waals surface area contributed by atoms with Gasteiger partial charge in [0.2, 0.25) is 0 Å². The standard InChI is InChI=1S/C15H28N2O3S/c1-11-5-6-15(7-9-17(10-8-15)13(18)19)12(11)16-21(20)14(2,3)4/h11-12,16H,5-10H2,1-4H3,(H,18,19)/t11?,12?,21-/m1/s1. The average molecular weight is 316 g/mol. The first-order valence-electron chi connectivity index (χ1n) is 7.82. The zero-order valence-corrected chi connectivity index (χ0v) is 14.3. The molecule has 1 aliphatic heterocycles. The quantitative estimate of drug-likeness (QED) is 0.768. The van der Waals surface area contributed by atoms with Crippen LogP contribution in [-0.4, -0.2) is 44.5 Å². The first-order chi connectivity index (χ1) is 9.66. The van der Waals surface area contributed by atoms with Crippen LogP contribution >= 0.6 is 0 Å². The molecule has 0 aromatic rings. The lowest BCUT2D eigenvalue weighted by Gasteiger charge is -2.43. The molecule has 2 rings (SSSR count). The number of rotatable bonds is 2. The summed E-state index contributed by atoms with van der Waals surface area (Å²) in [5, 5.41) is 9.10. The van der Waals surface area contributed by atoms with Gasteiger partial charge in [0, 0.05) is 24.5 Å². The van der Waals surface area contributed by atoms with E-state index in [1.165, 1.54) is 4.90 Å². The smallest absolute Gasteiger partial charge is 0.407 e. The van der Waals surface area contributed by atoms with Gasteiger partial charge in [0.1, 0.15) is 4.75 Å². The van der Waals surface area contributed by atoms with Crippen LogP contribution in [0.25, 0.3) is 0 Å². The van der Waals surface area contributed by atoms with Crippen molar-refractivity contribution in [2.75, 3.05) is 13.1 Å². The Morgan fingerprint density at radius 2 is 1.90 bits per heavy atom. The predicted octanol–water partition coefficient (Wildman–Crippen LogP) is 2.60. The van der Waals surface area contributed by atoms with Gasteiger partial charge in [-0.1, -0.05) is 6.92 Å². The molecule has 1 heterocycles. The van der Waals surface area contributed by atoms with Crippen LogP contribution in [0.1, 0.15) is 53.4 Å². The maximum Gasteiger partial charge on any atom is 0.407 e. The zero-order chi connectivity index (χ0) is 15.8. The molecule has 1 saturated carbocycles. The number of carboxylic acid groups (broad SMARTS) is 1. The molecule has 1 aliphatic carbocycles. The van der Waals surface area contributed by atoms with Gasteiger partial charge in [0.25, 0.3) is 0 Å². The third-order valence-corrected chi connectivity index (χ3v) is 6.73. The largest absolute Gasteiger partial charge is 0.598 e. The Hall–Kier alpha value is -0.460. The maximum absolute atomic E-state index is 12.5. The molecule has 21 heavy (non-hydrogen) atoms. The van der Waals surface area contributed by atoms with E-state index in [-0.39, 0.29) is 16.2 Å². The predicted molar refractivity (Wildman–Crippen MR) is 84.5 cm³/mol. The molecular formula is C15H28N2O3S. The summed E-state index contributed by atoms with van der Waals surface area (Å²) >= 11 is -1.07. The fraction of sp³-hybridized carbons (Fsp3) is 0.933. The van der Waals surface area contributed by atoms with Crippen LogP contribution in [-0.2, 0) is 11.4 Å². The van der Waals surface area contributed by atoms with Crippen LogP contribution in [0.4, 0.5) is 4.79 Å². The number of nitrogens with zero attached hydrogens (tertiary/aromatic N) is 1. The highest BCUT2D eigenvalue weighted by Crippen LogP contribution is 2.49. The second-order valence-electron chi connectivity index (χ2n) is 7.62. The molecule has 2 unspecified atom stereocenters. The lowest BCUT2D eigenvalue weighted by Crippen LogP contribution is -2.55. The first kappa shape index (κ1) is 16.9. The van der Waals surface area contributed by atoms with Crippen molar-refractivity contribution in [3.05, 3.63) is 0 Å². The number of carbonyl (C=O) groups is 1. The molecule has 122 valence electrons. The highest BCUT2D eigenvalue weighted by molar-refractivity contribution is 7.90. The molecule has 2 N–H and O–H groups in total. The Labute approximate surface area is 130 Å². The molecule has 2 fully saturated rings. The molecule has 0 aromatic heterocycles. The van der Waals surface area contributed by atoms with E-state index in [0.717, 1.165) is 25.7 Å². The summed E-state index contributed by atoms with van der Waals surface area (Å²) in [5.74, 6) is 0.493. The fourth-order valence-corrected chi connectivity index (χ4v) is 4.74. The van der Waals surface area contributed by atoms with E-state index in [0.29, 0.717) is 19.0 Å². The minimum absolute atomic E-state index is 0.117. The molecule has 0 radical (unpaired) electrons. The molecule has 1 spiro atoms. The van der Waals surface area contributed by atoms with E-state index in [2.05, 4.69) is 11.6 Å². The van der Waals surface area contributed by atoms with E-state index in [4.69, 9.17) is 5.11 Å².